The molecule has 0 saturated carbocycles. The number of carbonyl (C=O) groups excluding carboxylic acids is 2. The second kappa shape index (κ2) is 10.4. The number of nitrogens with zero attached hydrogens (tertiary/aromatic N) is 1. The summed E-state index contributed by atoms with van der Waals surface area (Å²) in [6.07, 6.45) is 4.77. The molecular formula is C28H32BNO7. The van der Waals surface area contributed by atoms with E-state index in [9.17, 15) is 24.7 Å². The Balaban J connectivity index is 1.35. The Morgan fingerprint density at radius 2 is 1.97 bits per heavy atom. The van der Waals surface area contributed by atoms with Crippen LogP contribution < -0.4 is 10.4 Å². The van der Waals surface area contributed by atoms with Crippen LogP contribution in [0.2, 0.25) is 0 Å². The van der Waals surface area contributed by atoms with E-state index in [1.165, 1.54) is 22.1 Å². The summed E-state index contributed by atoms with van der Waals surface area (Å²) in [5.74, 6) is -0.270. The lowest BCUT2D eigenvalue weighted by atomic mass is 9.69. The maximum Gasteiger partial charge on any atom is 0.488 e. The molecule has 3 aliphatic rings. The summed E-state index contributed by atoms with van der Waals surface area (Å²) in [6, 6.07) is 9.89. The third-order valence-corrected chi connectivity index (χ3v) is 7.89. The molecule has 1 aromatic heterocycles. The van der Waals surface area contributed by atoms with Gasteiger partial charge in [-0.1, -0.05) is 30.2 Å². The van der Waals surface area contributed by atoms with Gasteiger partial charge in [0.1, 0.15) is 18.1 Å². The number of anilines is 1. The van der Waals surface area contributed by atoms with Gasteiger partial charge in [-0.15, -0.1) is 0 Å². The van der Waals surface area contributed by atoms with E-state index in [-0.39, 0.29) is 35.9 Å². The topological polar surface area (TPSA) is 120 Å². The molecule has 8 nitrogen and oxygen atoms in total. The van der Waals surface area contributed by atoms with Crippen molar-refractivity contribution in [3.63, 3.8) is 0 Å². The van der Waals surface area contributed by atoms with E-state index < -0.39 is 19.0 Å². The summed E-state index contributed by atoms with van der Waals surface area (Å²) in [6.45, 7) is 4.40. The Morgan fingerprint density at radius 1 is 1.16 bits per heavy atom. The summed E-state index contributed by atoms with van der Waals surface area (Å²) in [7, 11) is -1.68. The molecule has 2 fully saturated rings. The van der Waals surface area contributed by atoms with E-state index in [1.54, 1.807) is 24.3 Å². The molecular weight excluding hydrogens is 473 g/mol. The molecule has 0 spiro atoms. The number of amides is 2. The van der Waals surface area contributed by atoms with Crippen molar-refractivity contribution in [2.45, 2.75) is 52.2 Å². The van der Waals surface area contributed by atoms with Crippen LogP contribution in [0.1, 0.15) is 51.1 Å². The van der Waals surface area contributed by atoms with Crippen LogP contribution in [-0.2, 0) is 20.9 Å². The van der Waals surface area contributed by atoms with Crippen LogP contribution in [0.5, 0.6) is 0 Å². The number of imide groups is 1. The zero-order valence-electron chi connectivity index (χ0n) is 21.1. The number of hydrogen-bond donors (Lipinski definition) is 3. The van der Waals surface area contributed by atoms with Crippen LogP contribution in [0.4, 0.5) is 5.69 Å². The number of allylic oxidation sites excluding steroid dienone is 2. The van der Waals surface area contributed by atoms with Crippen molar-refractivity contribution in [1.29, 1.82) is 0 Å². The van der Waals surface area contributed by atoms with Gasteiger partial charge in [0.25, 0.3) is 0 Å². The normalized spacial score (nSPS) is 25.6. The van der Waals surface area contributed by atoms with E-state index in [0.29, 0.717) is 30.2 Å². The Kier molecular flexibility index (Phi) is 7.22. The number of furan rings is 1. The first kappa shape index (κ1) is 25.7. The molecule has 2 amide bonds. The maximum atomic E-state index is 13.6. The Bertz CT molecular complexity index is 1260. The third kappa shape index (κ3) is 4.72. The summed E-state index contributed by atoms with van der Waals surface area (Å²) < 4.78 is 11.8. The Labute approximate surface area is 216 Å². The maximum absolute atomic E-state index is 13.6. The Morgan fingerprint density at radius 3 is 2.68 bits per heavy atom. The molecule has 4 atom stereocenters. The first-order chi connectivity index (χ1) is 17.8. The number of carbonyl (C=O) groups is 2. The lowest BCUT2D eigenvalue weighted by Gasteiger charge is -2.31. The molecule has 2 aromatic rings. The van der Waals surface area contributed by atoms with Gasteiger partial charge in [0.2, 0.25) is 11.8 Å². The second-order valence-corrected chi connectivity index (χ2v) is 10.1. The van der Waals surface area contributed by atoms with Gasteiger partial charge in [0, 0.05) is 5.92 Å². The lowest BCUT2D eigenvalue weighted by molar-refractivity contribution is -0.122. The van der Waals surface area contributed by atoms with Crippen molar-refractivity contribution in [2.75, 3.05) is 11.5 Å². The quantitative estimate of drug-likeness (QED) is 0.287. The molecule has 0 unspecified atom stereocenters. The molecule has 2 saturated heterocycles. The fourth-order valence-electron chi connectivity index (χ4n) is 6.12. The third-order valence-electron chi connectivity index (χ3n) is 7.89. The highest BCUT2D eigenvalue weighted by Crippen LogP contribution is 2.51. The van der Waals surface area contributed by atoms with E-state index in [0.717, 1.165) is 24.8 Å². The molecule has 9 heteroatoms. The minimum atomic E-state index is -1.68. The highest BCUT2D eigenvalue weighted by molar-refractivity contribution is 6.58. The van der Waals surface area contributed by atoms with E-state index in [4.69, 9.17) is 9.15 Å². The molecule has 1 aliphatic carbocycles. The summed E-state index contributed by atoms with van der Waals surface area (Å²) >= 11 is 0. The standard InChI is InChI=1S/C28H32BNO7/c1-3-17-12-22-26(28(33)30(27(22)32)19-6-4-5-18(13-19)29(34)35)23-15-36-24(25(17)23)10-7-16(2)11-20-8-9-21(14-31)37-20/h4-6,8-9,11,13,22-24,26,31,34-35H,3,7,10,12,14-15H2,1-2H3/b16-11+/t22-,23+,24-,26-/m1/s1. The number of aliphatic hydroxyl groups is 1. The van der Waals surface area contributed by atoms with Crippen molar-refractivity contribution in [1.82, 2.24) is 0 Å². The minimum absolute atomic E-state index is 0.0985. The molecule has 3 heterocycles. The van der Waals surface area contributed by atoms with Crippen molar-refractivity contribution >= 4 is 36.2 Å². The van der Waals surface area contributed by atoms with Crippen LogP contribution in [0.3, 0.4) is 0 Å². The van der Waals surface area contributed by atoms with Gasteiger partial charge in [-0.2, -0.15) is 0 Å². The molecule has 1 aromatic carbocycles. The number of hydrogen-bond acceptors (Lipinski definition) is 7. The van der Waals surface area contributed by atoms with Gasteiger partial charge < -0.3 is 24.3 Å². The van der Waals surface area contributed by atoms with Gasteiger partial charge >= 0.3 is 7.12 Å². The largest absolute Gasteiger partial charge is 0.488 e. The fourth-order valence-corrected chi connectivity index (χ4v) is 6.12. The monoisotopic (exact) mass is 505 g/mol. The molecule has 5 rings (SSSR count). The van der Waals surface area contributed by atoms with Crippen molar-refractivity contribution in [3.8, 4) is 0 Å². The van der Waals surface area contributed by atoms with Crippen LogP contribution >= 0.6 is 0 Å². The molecule has 0 radical (unpaired) electrons. The highest BCUT2D eigenvalue weighted by atomic mass is 16.5. The number of ether oxygens (including phenoxy) is 1. The average molecular weight is 505 g/mol. The van der Waals surface area contributed by atoms with E-state index in [2.05, 4.69) is 6.92 Å². The van der Waals surface area contributed by atoms with Crippen LogP contribution in [0.15, 0.2) is 57.5 Å². The van der Waals surface area contributed by atoms with Crippen molar-refractivity contribution in [3.05, 3.63) is 64.6 Å². The molecule has 3 N–H and O–H groups in total. The number of fused-ring (bicyclic) bond motifs is 3. The van der Waals surface area contributed by atoms with Crippen LogP contribution in [-0.4, -0.2) is 46.8 Å². The molecule has 2 aliphatic heterocycles. The predicted octanol–water partition coefficient (Wildman–Crippen LogP) is 2.57. The number of aliphatic hydroxyl groups excluding tert-OH is 1. The smallest absolute Gasteiger partial charge is 0.459 e. The first-order valence-electron chi connectivity index (χ1n) is 12.9. The Hall–Kier alpha value is -2.98. The zero-order chi connectivity index (χ0) is 26.3. The summed E-state index contributed by atoms with van der Waals surface area (Å²) in [4.78, 5) is 28.3. The number of benzene rings is 1. The van der Waals surface area contributed by atoms with Crippen molar-refractivity contribution < 1.29 is 33.9 Å². The summed E-state index contributed by atoms with van der Waals surface area (Å²) in [5, 5.41) is 28.3. The molecule has 37 heavy (non-hydrogen) atoms. The lowest BCUT2D eigenvalue weighted by Crippen LogP contribution is -2.35. The van der Waals surface area contributed by atoms with Gasteiger partial charge in [-0.3, -0.25) is 14.5 Å². The van der Waals surface area contributed by atoms with Crippen LogP contribution in [0, 0.1) is 17.8 Å². The minimum Gasteiger partial charge on any atom is -0.459 e. The molecule has 194 valence electrons. The summed E-state index contributed by atoms with van der Waals surface area (Å²) in [5.41, 5.74) is 4.11. The van der Waals surface area contributed by atoms with Gasteiger partial charge in [-0.25, -0.2) is 0 Å². The zero-order valence-corrected chi connectivity index (χ0v) is 21.1. The first-order valence-corrected chi connectivity index (χ1v) is 12.9. The highest BCUT2D eigenvalue weighted by Gasteiger charge is 2.57. The van der Waals surface area contributed by atoms with Gasteiger partial charge in [-0.05, 0) is 74.0 Å². The number of rotatable bonds is 8. The second-order valence-electron chi connectivity index (χ2n) is 10.1. The van der Waals surface area contributed by atoms with Crippen molar-refractivity contribution in [2.24, 2.45) is 17.8 Å². The average Bonchev–Trinajstić information content (AvgIpc) is 3.59. The van der Waals surface area contributed by atoms with Crippen LogP contribution in [0.25, 0.3) is 6.08 Å². The SMILES string of the molecule is CCC1=C2[C@@H](CC/C(C)=C/c3ccc(CO)o3)OC[C@@H]2[C@@H]2C(=O)N(c3cccc(B(O)O)c3)C(=O)[C@@H]2C1. The van der Waals surface area contributed by atoms with Gasteiger partial charge in [0.15, 0.2) is 0 Å². The van der Waals surface area contributed by atoms with E-state index in [1.807, 2.05) is 19.1 Å². The fraction of sp³-hybridized carbons (Fsp3) is 0.429. The predicted molar refractivity (Wildman–Crippen MR) is 138 cm³/mol. The van der Waals surface area contributed by atoms with Gasteiger partial charge in [0.05, 0.1) is 30.2 Å². The molecule has 0 bridgehead atoms. The van der Waals surface area contributed by atoms with E-state index >= 15 is 0 Å².